The zero-order valence-corrected chi connectivity index (χ0v) is 18.7. The van der Waals surface area contributed by atoms with Gasteiger partial charge in [-0.2, -0.15) is 5.26 Å². The first kappa shape index (κ1) is 22.1. The number of allylic oxidation sites excluding steroid dienone is 1. The number of benzene rings is 2. The van der Waals surface area contributed by atoms with Crippen molar-refractivity contribution in [2.45, 2.75) is 19.0 Å². The molecule has 0 aromatic heterocycles. The lowest BCUT2D eigenvalue weighted by molar-refractivity contribution is -0.139. The third-order valence-corrected chi connectivity index (χ3v) is 5.94. The van der Waals surface area contributed by atoms with E-state index in [0.717, 1.165) is 18.7 Å². The summed E-state index contributed by atoms with van der Waals surface area (Å²) in [5, 5.41) is 10.1. The second-order valence-corrected chi connectivity index (χ2v) is 7.96. The summed E-state index contributed by atoms with van der Waals surface area (Å²) in [5.41, 5.74) is 10.0. The van der Waals surface area contributed by atoms with Crippen LogP contribution < -0.4 is 10.6 Å². The molecular formula is C25H24N4O4. The second kappa shape index (κ2) is 8.81. The molecule has 0 bridgehead atoms. The van der Waals surface area contributed by atoms with Crippen molar-refractivity contribution in [3.63, 3.8) is 0 Å². The molecule has 2 aromatic rings. The van der Waals surface area contributed by atoms with Crippen LogP contribution >= 0.6 is 0 Å². The highest BCUT2D eigenvalue weighted by Crippen LogP contribution is 2.43. The minimum Gasteiger partial charge on any atom is -0.466 e. The molecule has 0 amide bonds. The largest absolute Gasteiger partial charge is 0.466 e. The van der Waals surface area contributed by atoms with Crippen molar-refractivity contribution in [3.05, 3.63) is 87.9 Å². The molecule has 2 N–H and O–H groups in total. The molecule has 8 nitrogen and oxygen atoms in total. The molecule has 0 saturated heterocycles. The number of ether oxygens (including phenoxy) is 2. The van der Waals surface area contributed by atoms with Gasteiger partial charge in [0.1, 0.15) is 11.5 Å². The number of rotatable bonds is 4. The predicted octanol–water partition coefficient (Wildman–Crippen LogP) is 2.53. The van der Waals surface area contributed by atoms with Gasteiger partial charge in [-0.15, -0.1) is 0 Å². The highest BCUT2D eigenvalue weighted by Gasteiger charge is 2.43. The summed E-state index contributed by atoms with van der Waals surface area (Å²) in [6, 6.07) is 16.8. The van der Waals surface area contributed by atoms with Crippen LogP contribution in [0.15, 0.2) is 71.2 Å². The number of anilines is 1. The molecule has 2 aromatic carbocycles. The van der Waals surface area contributed by atoms with E-state index < -0.39 is 17.9 Å². The van der Waals surface area contributed by atoms with E-state index in [1.807, 2.05) is 31.3 Å². The third-order valence-electron chi connectivity index (χ3n) is 5.94. The molecule has 8 heteroatoms. The maximum absolute atomic E-state index is 13.1. The first-order chi connectivity index (χ1) is 15.9. The van der Waals surface area contributed by atoms with Crippen LogP contribution in [0.3, 0.4) is 0 Å². The van der Waals surface area contributed by atoms with E-state index in [1.54, 1.807) is 24.3 Å². The highest BCUT2D eigenvalue weighted by atomic mass is 16.5. The molecular weight excluding hydrogens is 420 g/mol. The number of hydrogen-bond acceptors (Lipinski definition) is 8. The van der Waals surface area contributed by atoms with E-state index in [4.69, 9.17) is 15.2 Å². The van der Waals surface area contributed by atoms with Gasteiger partial charge in [0, 0.05) is 18.8 Å². The van der Waals surface area contributed by atoms with Crippen molar-refractivity contribution in [1.29, 1.82) is 5.26 Å². The summed E-state index contributed by atoms with van der Waals surface area (Å²) in [7, 11) is 4.48. The molecule has 4 rings (SSSR count). The van der Waals surface area contributed by atoms with E-state index >= 15 is 0 Å². The lowest BCUT2D eigenvalue weighted by Crippen LogP contribution is -2.40. The van der Waals surface area contributed by atoms with Gasteiger partial charge in [-0.25, -0.2) is 9.59 Å². The van der Waals surface area contributed by atoms with Crippen LogP contribution in [0.1, 0.15) is 22.6 Å². The minimum absolute atomic E-state index is 0.00100. The number of hydrogen-bond donors (Lipinski definition) is 1. The Labute approximate surface area is 192 Å². The topological polar surface area (TPSA) is 109 Å². The fraction of sp³-hybridized carbons (Fsp3) is 0.240. The average Bonchev–Trinajstić information content (AvgIpc) is 3.21. The Morgan fingerprint density at radius 2 is 1.70 bits per heavy atom. The number of fused-ring (bicyclic) bond motifs is 1. The van der Waals surface area contributed by atoms with Gasteiger partial charge in [-0.3, -0.25) is 9.80 Å². The number of nitriles is 1. The lowest BCUT2D eigenvalue weighted by Gasteiger charge is -2.36. The Morgan fingerprint density at radius 1 is 1.03 bits per heavy atom. The van der Waals surface area contributed by atoms with E-state index in [-0.39, 0.29) is 22.7 Å². The van der Waals surface area contributed by atoms with Gasteiger partial charge in [0.2, 0.25) is 0 Å². The van der Waals surface area contributed by atoms with Crippen LogP contribution in [0.25, 0.3) is 0 Å². The summed E-state index contributed by atoms with van der Waals surface area (Å²) in [4.78, 5) is 29.7. The van der Waals surface area contributed by atoms with E-state index in [9.17, 15) is 14.9 Å². The molecule has 2 aliphatic heterocycles. The molecule has 2 aliphatic rings. The van der Waals surface area contributed by atoms with Gasteiger partial charge in [0.05, 0.1) is 37.4 Å². The van der Waals surface area contributed by atoms with Gasteiger partial charge in [0.25, 0.3) is 0 Å². The molecule has 0 radical (unpaired) electrons. The molecule has 33 heavy (non-hydrogen) atoms. The molecule has 1 atom stereocenters. The van der Waals surface area contributed by atoms with Crippen LogP contribution in [-0.4, -0.2) is 38.1 Å². The van der Waals surface area contributed by atoms with Gasteiger partial charge in [-0.05, 0) is 35.9 Å². The van der Waals surface area contributed by atoms with E-state index in [2.05, 4.69) is 11.0 Å². The van der Waals surface area contributed by atoms with Crippen molar-refractivity contribution in [2.75, 3.05) is 26.2 Å². The van der Waals surface area contributed by atoms with Crippen molar-refractivity contribution in [2.24, 2.45) is 5.73 Å². The van der Waals surface area contributed by atoms with E-state index in [1.165, 1.54) is 24.7 Å². The Bertz CT molecular complexity index is 1230. The molecule has 168 valence electrons. The summed E-state index contributed by atoms with van der Waals surface area (Å²) in [5.74, 6) is -2.32. The molecule has 2 heterocycles. The number of nitrogens with two attached hydrogens (primary N) is 1. The molecule has 1 unspecified atom stereocenters. The zero-order valence-electron chi connectivity index (χ0n) is 18.7. The monoisotopic (exact) mass is 444 g/mol. The predicted molar refractivity (Wildman–Crippen MR) is 121 cm³/mol. The van der Waals surface area contributed by atoms with E-state index in [0.29, 0.717) is 11.3 Å². The van der Waals surface area contributed by atoms with Gasteiger partial charge >= 0.3 is 11.9 Å². The highest BCUT2D eigenvalue weighted by molar-refractivity contribution is 6.06. The fourth-order valence-corrected chi connectivity index (χ4v) is 4.47. The first-order valence-corrected chi connectivity index (χ1v) is 10.4. The summed E-state index contributed by atoms with van der Waals surface area (Å²) < 4.78 is 10.1. The zero-order chi connectivity index (χ0) is 23.7. The van der Waals surface area contributed by atoms with Crippen LogP contribution in [0, 0.1) is 11.3 Å². The molecule has 0 saturated carbocycles. The maximum Gasteiger partial charge on any atom is 0.355 e. The Hall–Kier alpha value is -4.09. The normalized spacial score (nSPS) is 18.1. The maximum atomic E-state index is 13.1. The molecule has 0 spiro atoms. The lowest BCUT2D eigenvalue weighted by atomic mass is 9.81. The van der Waals surface area contributed by atoms with Crippen LogP contribution in [0.2, 0.25) is 0 Å². The second-order valence-electron chi connectivity index (χ2n) is 7.96. The summed E-state index contributed by atoms with van der Waals surface area (Å²) in [6.45, 7) is 1.55. The third kappa shape index (κ3) is 3.73. The summed E-state index contributed by atoms with van der Waals surface area (Å²) >= 11 is 0. The van der Waals surface area contributed by atoms with Crippen molar-refractivity contribution in [1.82, 2.24) is 4.90 Å². The Balaban J connectivity index is 2.01. The van der Waals surface area contributed by atoms with Crippen molar-refractivity contribution >= 4 is 17.6 Å². The van der Waals surface area contributed by atoms with Gasteiger partial charge in [0.15, 0.2) is 0 Å². The SMILES string of the molecule is COC(=O)C1=C(C(=O)OC)N(c2ccc3c(c2)CN(C)C3)C(N)=C(C#N)C1c1ccccc1. The standard InChI is InChI=1S/C25H24N4O4/c1-28-13-16-9-10-18(11-17(16)14-28)29-22(25(31)33-3)21(24(30)32-2)20(19(12-26)23(29)27)15-7-5-4-6-8-15/h4-11,20H,13-14,27H2,1-3H3. The average molecular weight is 444 g/mol. The smallest absolute Gasteiger partial charge is 0.355 e. The van der Waals surface area contributed by atoms with Gasteiger partial charge < -0.3 is 15.2 Å². The van der Waals surface area contributed by atoms with Crippen molar-refractivity contribution < 1.29 is 19.1 Å². The van der Waals surface area contributed by atoms with Crippen LogP contribution in [0.4, 0.5) is 5.69 Å². The first-order valence-electron chi connectivity index (χ1n) is 10.4. The van der Waals surface area contributed by atoms with Crippen LogP contribution in [-0.2, 0) is 32.2 Å². The number of esters is 2. The number of carbonyl (C=O) groups is 2. The fourth-order valence-electron chi connectivity index (χ4n) is 4.47. The number of methoxy groups -OCH3 is 2. The van der Waals surface area contributed by atoms with Crippen molar-refractivity contribution in [3.8, 4) is 6.07 Å². The number of carbonyl (C=O) groups excluding carboxylic acids is 2. The summed E-state index contributed by atoms with van der Waals surface area (Å²) in [6.07, 6.45) is 0. The molecule has 0 aliphatic carbocycles. The van der Waals surface area contributed by atoms with Crippen LogP contribution in [0.5, 0.6) is 0 Å². The Kier molecular flexibility index (Phi) is 5.90. The quantitative estimate of drug-likeness (QED) is 0.717. The number of nitrogens with zero attached hydrogens (tertiary/aromatic N) is 3. The Morgan fingerprint density at radius 3 is 2.33 bits per heavy atom. The molecule has 0 fully saturated rings. The minimum atomic E-state index is -0.880. The van der Waals surface area contributed by atoms with Gasteiger partial charge in [-0.1, -0.05) is 36.4 Å².